The van der Waals surface area contributed by atoms with Gasteiger partial charge in [0.1, 0.15) is 6.54 Å². The zero-order valence-electron chi connectivity index (χ0n) is 25.4. The molecule has 2 heterocycles. The molecule has 0 aromatic carbocycles. The van der Waals surface area contributed by atoms with E-state index in [4.69, 9.17) is 10.8 Å². The molecule has 0 aromatic heterocycles. The lowest BCUT2D eigenvalue weighted by Crippen LogP contribution is -2.67. The molecule has 2 saturated heterocycles. The average Bonchev–Trinajstić information content (AvgIpc) is 3.53. The molecule has 0 radical (unpaired) electrons. The summed E-state index contributed by atoms with van der Waals surface area (Å²) in [4.78, 5) is 92.1. The molecule has 0 bridgehead atoms. The number of aliphatic carboxylic acids is 1. The van der Waals surface area contributed by atoms with Crippen LogP contribution in [0.2, 0.25) is 0 Å². The lowest BCUT2D eigenvalue weighted by atomic mass is 9.82. The Labute approximate surface area is 249 Å². The number of likely N-dealkylation sites (tertiary alicyclic amines) is 1. The molecule has 2 fully saturated rings. The smallest absolute Gasteiger partial charge is 0.363 e. The third-order valence-corrected chi connectivity index (χ3v) is 8.10. The van der Waals surface area contributed by atoms with Crippen LogP contribution in [-0.4, -0.2) is 117 Å². The fourth-order valence-corrected chi connectivity index (χ4v) is 5.46. The van der Waals surface area contributed by atoms with E-state index in [1.807, 2.05) is 0 Å². The summed E-state index contributed by atoms with van der Waals surface area (Å²) in [5, 5.41) is 11.1. The molecule has 43 heavy (non-hydrogen) atoms. The van der Waals surface area contributed by atoms with Gasteiger partial charge in [-0.3, -0.25) is 39.0 Å². The number of nitrogens with zero attached hydrogens (tertiary/aromatic N) is 3. The van der Waals surface area contributed by atoms with Gasteiger partial charge in [-0.1, -0.05) is 41.0 Å². The second kappa shape index (κ2) is 14.4. The molecule has 242 valence electrons. The van der Waals surface area contributed by atoms with Crippen molar-refractivity contribution in [2.24, 2.45) is 17.6 Å². The molecule has 2 aliphatic rings. The number of Topliss-reactive ketones (excluding diaryl/α,β-unsaturated/α-hetero) is 3. The standard InChI is InChI=1S/C28H43F2N5O8/c1-6-7-10-19(36)28(29,30)23(40)22(16(2)3)35-11-8-9-18(35)24(41)32-25(42)27(31,17(4)5)20(37)14-33-12-13-34(26(33)43)15-21(38)39/h16-18,22H,6-15,31H2,1-5H3,(H,38,39)(H,32,41,42)/t18-,22-,27+/m0/s1. The second-order valence-electron chi connectivity index (χ2n) is 11.8. The Kier molecular flexibility index (Phi) is 12.0. The molecular weight excluding hydrogens is 572 g/mol. The third-order valence-electron chi connectivity index (χ3n) is 8.10. The first-order valence-corrected chi connectivity index (χ1v) is 14.5. The summed E-state index contributed by atoms with van der Waals surface area (Å²) in [6.07, 6.45) is 0.706. The van der Waals surface area contributed by atoms with Crippen molar-refractivity contribution in [1.29, 1.82) is 0 Å². The number of urea groups is 1. The molecule has 4 N–H and O–H groups in total. The number of nitrogens with one attached hydrogen (secondary N) is 1. The Morgan fingerprint density at radius 2 is 1.58 bits per heavy atom. The van der Waals surface area contributed by atoms with Gasteiger partial charge in [-0.05, 0) is 37.6 Å². The molecule has 0 unspecified atom stereocenters. The maximum Gasteiger partial charge on any atom is 0.363 e. The highest BCUT2D eigenvalue weighted by Crippen LogP contribution is 2.31. The maximum absolute atomic E-state index is 15.0. The monoisotopic (exact) mass is 615 g/mol. The second-order valence-corrected chi connectivity index (χ2v) is 11.8. The summed E-state index contributed by atoms with van der Waals surface area (Å²) in [6.45, 7) is 6.71. The molecule has 0 aliphatic carbocycles. The van der Waals surface area contributed by atoms with Gasteiger partial charge in [0.15, 0.2) is 11.3 Å². The van der Waals surface area contributed by atoms with Crippen molar-refractivity contribution < 1.29 is 47.4 Å². The first-order chi connectivity index (χ1) is 19.9. The number of amides is 4. The number of imide groups is 1. The van der Waals surface area contributed by atoms with Crippen LogP contribution in [0.4, 0.5) is 13.6 Å². The van der Waals surface area contributed by atoms with E-state index in [1.54, 1.807) is 6.92 Å². The van der Waals surface area contributed by atoms with Crippen LogP contribution in [0.15, 0.2) is 0 Å². The van der Waals surface area contributed by atoms with Crippen molar-refractivity contribution >= 4 is 41.2 Å². The number of alkyl halides is 2. The lowest BCUT2D eigenvalue weighted by Gasteiger charge is -2.36. The van der Waals surface area contributed by atoms with Gasteiger partial charge in [0.05, 0.1) is 18.6 Å². The van der Waals surface area contributed by atoms with E-state index in [1.165, 1.54) is 32.6 Å². The third kappa shape index (κ3) is 7.80. The summed E-state index contributed by atoms with van der Waals surface area (Å²) in [7, 11) is 0. The highest BCUT2D eigenvalue weighted by Gasteiger charge is 2.54. The Morgan fingerprint density at radius 1 is 1.00 bits per heavy atom. The summed E-state index contributed by atoms with van der Waals surface area (Å²) >= 11 is 0. The molecule has 15 heteroatoms. The van der Waals surface area contributed by atoms with Crippen LogP contribution in [0.25, 0.3) is 0 Å². The topological polar surface area (TPSA) is 187 Å². The molecule has 0 spiro atoms. The van der Waals surface area contributed by atoms with Crippen LogP contribution in [-0.2, 0) is 28.8 Å². The van der Waals surface area contributed by atoms with Crippen LogP contribution in [0.3, 0.4) is 0 Å². The number of nitrogens with two attached hydrogens (primary N) is 1. The fraction of sp³-hybridized carbons (Fsp3) is 0.750. The van der Waals surface area contributed by atoms with E-state index in [0.717, 1.165) is 9.80 Å². The van der Waals surface area contributed by atoms with Crippen molar-refractivity contribution in [1.82, 2.24) is 20.0 Å². The number of halogens is 2. The molecule has 13 nitrogen and oxygen atoms in total. The van der Waals surface area contributed by atoms with E-state index >= 15 is 0 Å². The van der Waals surface area contributed by atoms with Crippen LogP contribution >= 0.6 is 0 Å². The normalized spacial score (nSPS) is 20.0. The predicted molar refractivity (Wildman–Crippen MR) is 149 cm³/mol. The Morgan fingerprint density at radius 3 is 2.09 bits per heavy atom. The van der Waals surface area contributed by atoms with E-state index in [-0.39, 0.29) is 32.5 Å². The van der Waals surface area contributed by atoms with Crippen LogP contribution in [0.1, 0.15) is 66.7 Å². The van der Waals surface area contributed by atoms with Crippen molar-refractivity contribution in [3.8, 4) is 0 Å². The lowest BCUT2D eigenvalue weighted by molar-refractivity contribution is -0.162. The van der Waals surface area contributed by atoms with Gasteiger partial charge in [0, 0.05) is 19.5 Å². The number of unbranched alkanes of at least 4 members (excludes halogenated alkanes) is 1. The van der Waals surface area contributed by atoms with E-state index in [2.05, 4.69) is 5.32 Å². The van der Waals surface area contributed by atoms with E-state index in [9.17, 15) is 42.3 Å². The van der Waals surface area contributed by atoms with Crippen LogP contribution in [0, 0.1) is 11.8 Å². The molecule has 3 atom stereocenters. The molecule has 2 aliphatic heterocycles. The highest BCUT2D eigenvalue weighted by atomic mass is 19.3. The van der Waals surface area contributed by atoms with E-state index < -0.39 is 96.1 Å². The number of carbonyl (C=O) groups excluding carboxylic acids is 6. The van der Waals surface area contributed by atoms with Gasteiger partial charge in [-0.15, -0.1) is 0 Å². The molecule has 0 saturated carbocycles. The summed E-state index contributed by atoms with van der Waals surface area (Å²) in [5.74, 6) is -13.1. The minimum absolute atomic E-state index is 0.0276. The van der Waals surface area contributed by atoms with E-state index in [0.29, 0.717) is 12.8 Å². The van der Waals surface area contributed by atoms with Crippen molar-refractivity contribution in [2.75, 3.05) is 32.7 Å². The van der Waals surface area contributed by atoms with Crippen molar-refractivity contribution in [2.45, 2.75) is 90.3 Å². The minimum atomic E-state index is -4.24. The Balaban J connectivity index is 2.22. The largest absolute Gasteiger partial charge is 0.480 e. The number of hydrogen-bond acceptors (Lipinski definition) is 9. The summed E-state index contributed by atoms with van der Waals surface area (Å²) in [6, 6.07) is -3.38. The van der Waals surface area contributed by atoms with Gasteiger partial charge < -0.3 is 20.6 Å². The van der Waals surface area contributed by atoms with Gasteiger partial charge in [0.2, 0.25) is 17.5 Å². The Hall–Kier alpha value is -3.33. The van der Waals surface area contributed by atoms with Crippen LogP contribution < -0.4 is 11.1 Å². The first-order valence-electron chi connectivity index (χ1n) is 14.5. The van der Waals surface area contributed by atoms with Crippen molar-refractivity contribution in [3.05, 3.63) is 0 Å². The minimum Gasteiger partial charge on any atom is -0.480 e. The molecule has 0 aromatic rings. The average molecular weight is 616 g/mol. The zero-order chi connectivity index (χ0) is 32.9. The number of carboxylic acids is 1. The van der Waals surface area contributed by atoms with Crippen molar-refractivity contribution in [3.63, 3.8) is 0 Å². The molecule has 2 rings (SSSR count). The number of carboxylic acid groups (broad SMARTS) is 1. The quantitative estimate of drug-likeness (QED) is 0.210. The number of carbonyl (C=O) groups is 7. The Bertz CT molecular complexity index is 1130. The summed E-state index contributed by atoms with van der Waals surface area (Å²) in [5.41, 5.74) is 4.00. The predicted octanol–water partition coefficient (Wildman–Crippen LogP) is 0.827. The molecule has 4 amide bonds. The zero-order valence-corrected chi connectivity index (χ0v) is 25.4. The van der Waals surface area contributed by atoms with Gasteiger partial charge in [-0.25, -0.2) is 4.79 Å². The number of hydrogen-bond donors (Lipinski definition) is 3. The van der Waals surface area contributed by atoms with Gasteiger partial charge in [0.25, 0.3) is 5.91 Å². The SMILES string of the molecule is CCCCC(=O)C(F)(F)C(=O)[C@H](C(C)C)N1CCC[C@H]1C(=O)NC(=O)[C@](N)(C(=O)CN1CCN(CC(=O)O)C1=O)C(C)C. The molecular formula is C28H43F2N5O8. The number of ketones is 3. The summed E-state index contributed by atoms with van der Waals surface area (Å²) < 4.78 is 29.9. The van der Waals surface area contributed by atoms with Gasteiger partial charge >= 0.3 is 17.9 Å². The number of rotatable bonds is 16. The fourth-order valence-electron chi connectivity index (χ4n) is 5.46. The van der Waals surface area contributed by atoms with Crippen LogP contribution in [0.5, 0.6) is 0 Å². The maximum atomic E-state index is 15.0. The van der Waals surface area contributed by atoms with Gasteiger partial charge in [-0.2, -0.15) is 8.78 Å². The first kappa shape index (κ1) is 35.9. The highest BCUT2D eigenvalue weighted by molar-refractivity contribution is 6.16.